The van der Waals surface area contributed by atoms with Crippen LogP contribution < -0.4 is 10.1 Å². The maximum atomic E-state index is 12.6. The van der Waals surface area contributed by atoms with Crippen LogP contribution in [0.25, 0.3) is 0 Å². The highest BCUT2D eigenvalue weighted by Crippen LogP contribution is 2.34. The third-order valence-corrected chi connectivity index (χ3v) is 2.57. The topological polar surface area (TPSA) is 59.4 Å². The quantitative estimate of drug-likeness (QED) is 0.876. The summed E-state index contributed by atoms with van der Waals surface area (Å²) in [5.74, 6) is 0.577. The standard InChI is InChI=1S/C13H11F3N4O/c1-17-10-5-8(13(14,15)16)6-19-12(10)20-9-3-4-11(21-2)18-7-9/h3-7H,1H2,2H3,(H,19,20). The molecule has 0 saturated heterocycles. The number of rotatable bonds is 4. The summed E-state index contributed by atoms with van der Waals surface area (Å²) in [5, 5.41) is 2.82. The third-order valence-electron chi connectivity index (χ3n) is 2.57. The second kappa shape index (κ2) is 5.78. The van der Waals surface area contributed by atoms with Crippen molar-refractivity contribution in [1.82, 2.24) is 9.97 Å². The van der Waals surface area contributed by atoms with Gasteiger partial charge < -0.3 is 10.1 Å². The molecule has 21 heavy (non-hydrogen) atoms. The van der Waals surface area contributed by atoms with Gasteiger partial charge >= 0.3 is 6.18 Å². The largest absolute Gasteiger partial charge is 0.481 e. The van der Waals surface area contributed by atoms with Crippen molar-refractivity contribution in [2.75, 3.05) is 12.4 Å². The van der Waals surface area contributed by atoms with Crippen LogP contribution in [0.5, 0.6) is 5.88 Å². The van der Waals surface area contributed by atoms with E-state index in [2.05, 4.69) is 27.0 Å². The molecule has 0 unspecified atom stereocenters. The molecule has 2 heterocycles. The summed E-state index contributed by atoms with van der Waals surface area (Å²) in [5.41, 5.74) is -0.350. The van der Waals surface area contributed by atoms with Gasteiger partial charge in [0.2, 0.25) is 5.88 Å². The second-order valence-corrected chi connectivity index (χ2v) is 3.96. The van der Waals surface area contributed by atoms with E-state index in [0.29, 0.717) is 11.6 Å². The Labute approximate surface area is 118 Å². The molecule has 0 spiro atoms. The van der Waals surface area contributed by atoms with Gasteiger partial charge in [0.25, 0.3) is 0 Å². The molecular weight excluding hydrogens is 285 g/mol. The molecule has 0 fully saturated rings. The zero-order valence-corrected chi connectivity index (χ0v) is 11.0. The van der Waals surface area contributed by atoms with Crippen molar-refractivity contribution >= 4 is 23.9 Å². The van der Waals surface area contributed by atoms with E-state index in [0.717, 1.165) is 12.3 Å². The number of ether oxygens (including phenoxy) is 1. The number of nitrogens with one attached hydrogen (secondary N) is 1. The van der Waals surface area contributed by atoms with Gasteiger partial charge in [0.05, 0.1) is 24.6 Å². The van der Waals surface area contributed by atoms with Crippen molar-refractivity contribution in [2.24, 2.45) is 4.99 Å². The van der Waals surface area contributed by atoms with Gasteiger partial charge in [0.15, 0.2) is 5.82 Å². The average molecular weight is 296 g/mol. The van der Waals surface area contributed by atoms with Crippen LogP contribution in [0.4, 0.5) is 30.4 Å². The molecule has 0 bridgehead atoms. The number of hydrogen-bond donors (Lipinski definition) is 1. The number of pyridine rings is 2. The van der Waals surface area contributed by atoms with Crippen LogP contribution in [0.1, 0.15) is 5.56 Å². The Morgan fingerprint density at radius 3 is 2.52 bits per heavy atom. The van der Waals surface area contributed by atoms with Gasteiger partial charge in [-0.3, -0.25) is 4.99 Å². The van der Waals surface area contributed by atoms with Gasteiger partial charge in [0, 0.05) is 12.3 Å². The summed E-state index contributed by atoms with van der Waals surface area (Å²) in [6.07, 6.45) is -2.29. The molecule has 0 aliphatic carbocycles. The van der Waals surface area contributed by atoms with Crippen molar-refractivity contribution < 1.29 is 17.9 Å². The second-order valence-electron chi connectivity index (χ2n) is 3.96. The maximum Gasteiger partial charge on any atom is 0.417 e. The van der Waals surface area contributed by atoms with Crippen molar-refractivity contribution in [3.8, 4) is 5.88 Å². The first-order valence-corrected chi connectivity index (χ1v) is 5.75. The Hall–Kier alpha value is -2.64. The molecule has 0 aliphatic rings. The molecule has 0 atom stereocenters. The molecule has 0 amide bonds. The van der Waals surface area contributed by atoms with Crippen LogP contribution in [0.2, 0.25) is 0 Å². The fraction of sp³-hybridized carbons (Fsp3) is 0.154. The summed E-state index contributed by atoms with van der Waals surface area (Å²) in [4.78, 5) is 11.3. The van der Waals surface area contributed by atoms with Crippen molar-refractivity contribution in [1.29, 1.82) is 0 Å². The van der Waals surface area contributed by atoms with E-state index in [-0.39, 0.29) is 11.5 Å². The van der Waals surface area contributed by atoms with Gasteiger partial charge in [-0.15, -0.1) is 0 Å². The number of methoxy groups -OCH3 is 1. The Kier molecular flexibility index (Phi) is 4.06. The lowest BCUT2D eigenvalue weighted by Crippen LogP contribution is -2.06. The predicted molar refractivity (Wildman–Crippen MR) is 72.5 cm³/mol. The maximum absolute atomic E-state index is 12.6. The SMILES string of the molecule is C=Nc1cc(C(F)(F)F)cnc1Nc1ccc(OC)nc1. The summed E-state index contributed by atoms with van der Waals surface area (Å²) in [7, 11) is 1.48. The van der Waals surface area contributed by atoms with E-state index >= 15 is 0 Å². The van der Waals surface area contributed by atoms with E-state index in [4.69, 9.17) is 4.74 Å². The van der Waals surface area contributed by atoms with Gasteiger partial charge in [-0.05, 0) is 18.9 Å². The first-order chi connectivity index (χ1) is 9.94. The van der Waals surface area contributed by atoms with Gasteiger partial charge in [-0.1, -0.05) is 0 Å². The first-order valence-electron chi connectivity index (χ1n) is 5.75. The molecule has 8 heteroatoms. The van der Waals surface area contributed by atoms with Crippen LogP contribution in [0.3, 0.4) is 0 Å². The van der Waals surface area contributed by atoms with E-state index < -0.39 is 11.7 Å². The monoisotopic (exact) mass is 296 g/mol. The molecule has 110 valence electrons. The van der Waals surface area contributed by atoms with Crippen LogP contribution in [0.15, 0.2) is 35.6 Å². The molecule has 0 aliphatic heterocycles. The number of aliphatic imine (C=N–C) groups is 1. The van der Waals surface area contributed by atoms with E-state index in [1.807, 2.05) is 0 Å². The number of hydrogen-bond acceptors (Lipinski definition) is 5. The van der Waals surface area contributed by atoms with Gasteiger partial charge in [0.1, 0.15) is 5.69 Å². The van der Waals surface area contributed by atoms with Crippen molar-refractivity contribution in [3.05, 3.63) is 36.2 Å². The van der Waals surface area contributed by atoms with E-state index in [1.54, 1.807) is 12.1 Å². The van der Waals surface area contributed by atoms with Gasteiger partial charge in [-0.25, -0.2) is 9.97 Å². The number of anilines is 2. The van der Waals surface area contributed by atoms with Gasteiger partial charge in [-0.2, -0.15) is 13.2 Å². The molecular formula is C13H11F3N4O. The number of nitrogens with zero attached hydrogens (tertiary/aromatic N) is 3. The Morgan fingerprint density at radius 1 is 1.24 bits per heavy atom. The molecule has 5 nitrogen and oxygen atoms in total. The minimum atomic E-state index is -4.48. The number of alkyl halides is 3. The number of aromatic nitrogens is 2. The van der Waals surface area contributed by atoms with E-state index in [1.165, 1.54) is 13.3 Å². The normalized spacial score (nSPS) is 11.0. The number of halogens is 3. The Bertz CT molecular complexity index is 641. The fourth-order valence-electron chi connectivity index (χ4n) is 1.54. The lowest BCUT2D eigenvalue weighted by Gasteiger charge is -2.11. The Balaban J connectivity index is 2.29. The molecule has 2 rings (SSSR count). The van der Waals surface area contributed by atoms with Crippen LogP contribution in [0, 0.1) is 0 Å². The summed E-state index contributed by atoms with van der Waals surface area (Å²) < 4.78 is 42.7. The van der Waals surface area contributed by atoms with Crippen LogP contribution >= 0.6 is 0 Å². The average Bonchev–Trinajstić information content (AvgIpc) is 2.47. The molecule has 2 aromatic heterocycles. The highest BCUT2D eigenvalue weighted by Gasteiger charge is 2.31. The van der Waals surface area contributed by atoms with Crippen molar-refractivity contribution in [2.45, 2.75) is 6.18 Å². The lowest BCUT2D eigenvalue weighted by atomic mass is 10.2. The van der Waals surface area contributed by atoms with Crippen LogP contribution in [-0.2, 0) is 6.18 Å². The zero-order valence-electron chi connectivity index (χ0n) is 11.0. The summed E-state index contributed by atoms with van der Waals surface area (Å²) >= 11 is 0. The molecule has 1 N–H and O–H groups in total. The van der Waals surface area contributed by atoms with E-state index in [9.17, 15) is 13.2 Å². The Morgan fingerprint density at radius 2 is 2.00 bits per heavy atom. The van der Waals surface area contributed by atoms with Crippen LogP contribution in [-0.4, -0.2) is 23.8 Å². The first kappa shape index (κ1) is 14.8. The highest BCUT2D eigenvalue weighted by atomic mass is 19.4. The summed E-state index contributed by atoms with van der Waals surface area (Å²) in [6, 6.07) is 4.13. The molecule has 0 radical (unpaired) electrons. The highest BCUT2D eigenvalue weighted by molar-refractivity contribution is 5.70. The third kappa shape index (κ3) is 3.47. The lowest BCUT2D eigenvalue weighted by molar-refractivity contribution is -0.137. The minimum Gasteiger partial charge on any atom is -0.481 e. The minimum absolute atomic E-state index is 0.000595. The summed E-state index contributed by atoms with van der Waals surface area (Å²) in [6.45, 7) is 3.25. The fourth-order valence-corrected chi connectivity index (χ4v) is 1.54. The zero-order chi connectivity index (χ0) is 15.5. The predicted octanol–water partition coefficient (Wildman–Crippen LogP) is 3.58. The molecule has 0 aromatic carbocycles. The van der Waals surface area contributed by atoms with Crippen molar-refractivity contribution in [3.63, 3.8) is 0 Å². The molecule has 2 aromatic rings. The smallest absolute Gasteiger partial charge is 0.417 e. The molecule has 0 saturated carbocycles.